The summed E-state index contributed by atoms with van der Waals surface area (Å²) in [6, 6.07) is 6.40. The molecular weight excluding hydrogens is 266 g/mol. The fourth-order valence-corrected chi connectivity index (χ4v) is 2.68. The summed E-state index contributed by atoms with van der Waals surface area (Å²) in [6.07, 6.45) is 3.14. The Morgan fingerprint density at radius 2 is 1.95 bits per heavy atom. The van der Waals surface area contributed by atoms with E-state index in [4.69, 9.17) is 14.2 Å². The molecule has 1 aliphatic heterocycles. The van der Waals surface area contributed by atoms with Gasteiger partial charge in [-0.1, -0.05) is 19.9 Å². The van der Waals surface area contributed by atoms with Crippen LogP contribution in [0.5, 0.6) is 11.5 Å². The highest BCUT2D eigenvalue weighted by molar-refractivity contribution is 5.44. The summed E-state index contributed by atoms with van der Waals surface area (Å²) in [7, 11) is 1.78. The van der Waals surface area contributed by atoms with Gasteiger partial charge in [-0.05, 0) is 37.1 Å². The van der Waals surface area contributed by atoms with E-state index in [-0.39, 0.29) is 12.1 Å². The topological polar surface area (TPSA) is 39.7 Å². The lowest BCUT2D eigenvalue weighted by molar-refractivity contribution is 0.0650. The van der Waals surface area contributed by atoms with E-state index in [1.165, 1.54) is 5.56 Å². The van der Waals surface area contributed by atoms with Crippen LogP contribution in [0.25, 0.3) is 0 Å². The number of hydrogen-bond acceptors (Lipinski definition) is 4. The first-order chi connectivity index (χ1) is 10.3. The second-order valence-electron chi connectivity index (χ2n) is 5.37. The van der Waals surface area contributed by atoms with Gasteiger partial charge < -0.3 is 19.5 Å². The Kier molecular flexibility index (Phi) is 6.33. The molecule has 0 radical (unpaired) electrons. The van der Waals surface area contributed by atoms with Crippen molar-refractivity contribution < 1.29 is 14.2 Å². The van der Waals surface area contributed by atoms with Crippen molar-refractivity contribution in [3.05, 3.63) is 23.8 Å². The lowest BCUT2D eigenvalue weighted by Gasteiger charge is -2.27. The van der Waals surface area contributed by atoms with Crippen LogP contribution in [0.15, 0.2) is 18.2 Å². The molecule has 1 heterocycles. The van der Waals surface area contributed by atoms with E-state index >= 15 is 0 Å². The number of ether oxygens (including phenoxy) is 3. The molecule has 4 nitrogen and oxygen atoms in total. The molecule has 1 N–H and O–H groups in total. The first-order valence-corrected chi connectivity index (χ1v) is 7.95. The molecule has 0 fully saturated rings. The summed E-state index contributed by atoms with van der Waals surface area (Å²) in [6.45, 7) is 6.73. The maximum atomic E-state index is 5.80. The molecule has 2 atom stereocenters. The van der Waals surface area contributed by atoms with E-state index in [1.807, 2.05) is 6.07 Å². The molecule has 2 unspecified atom stereocenters. The summed E-state index contributed by atoms with van der Waals surface area (Å²) in [5.74, 6) is 1.69. The van der Waals surface area contributed by atoms with Crippen molar-refractivity contribution in [1.29, 1.82) is 0 Å². The third-order valence-corrected chi connectivity index (χ3v) is 3.82. The van der Waals surface area contributed by atoms with E-state index in [2.05, 4.69) is 31.3 Å². The molecule has 0 aromatic heterocycles. The second kappa shape index (κ2) is 8.25. The van der Waals surface area contributed by atoms with Gasteiger partial charge in [0.25, 0.3) is 0 Å². The monoisotopic (exact) mass is 293 g/mol. The molecule has 1 aromatic carbocycles. The average molecular weight is 293 g/mol. The van der Waals surface area contributed by atoms with Crippen LogP contribution in [0.4, 0.5) is 0 Å². The van der Waals surface area contributed by atoms with Gasteiger partial charge in [0.05, 0.1) is 25.4 Å². The van der Waals surface area contributed by atoms with Crippen LogP contribution < -0.4 is 14.8 Å². The van der Waals surface area contributed by atoms with E-state index in [0.29, 0.717) is 6.61 Å². The normalized spacial score (nSPS) is 17.1. The number of rotatable bonds is 7. The van der Waals surface area contributed by atoms with Crippen LogP contribution in [0.1, 0.15) is 44.7 Å². The molecule has 0 spiro atoms. The molecule has 2 rings (SSSR count). The summed E-state index contributed by atoms with van der Waals surface area (Å²) in [5.41, 5.74) is 1.20. The van der Waals surface area contributed by atoms with E-state index in [9.17, 15) is 0 Å². The van der Waals surface area contributed by atoms with Crippen LogP contribution in [0.3, 0.4) is 0 Å². The SMILES string of the molecule is CCCNC(c1ccc2c(c1)OCCCO2)C(CC)OC. The van der Waals surface area contributed by atoms with Gasteiger partial charge in [-0.2, -0.15) is 0 Å². The molecule has 0 saturated carbocycles. The maximum absolute atomic E-state index is 5.80. The van der Waals surface area contributed by atoms with Crippen LogP contribution in [0, 0.1) is 0 Å². The van der Waals surface area contributed by atoms with Crippen molar-refractivity contribution in [3.8, 4) is 11.5 Å². The van der Waals surface area contributed by atoms with Gasteiger partial charge in [-0.15, -0.1) is 0 Å². The molecular formula is C17H27NO3. The number of hydrogen-bond donors (Lipinski definition) is 1. The van der Waals surface area contributed by atoms with E-state index in [0.717, 1.165) is 43.9 Å². The van der Waals surface area contributed by atoms with Gasteiger partial charge >= 0.3 is 0 Å². The smallest absolute Gasteiger partial charge is 0.161 e. The van der Waals surface area contributed by atoms with Crippen LogP contribution in [-0.4, -0.2) is 33.0 Å². The Balaban J connectivity index is 2.24. The predicted octanol–water partition coefficient (Wildman–Crippen LogP) is 3.31. The Labute approximate surface area is 127 Å². The third-order valence-electron chi connectivity index (χ3n) is 3.82. The van der Waals surface area contributed by atoms with Crippen molar-refractivity contribution in [2.24, 2.45) is 0 Å². The molecule has 1 aromatic rings. The summed E-state index contributed by atoms with van der Waals surface area (Å²) < 4.78 is 17.1. The highest BCUT2D eigenvalue weighted by Gasteiger charge is 2.23. The first-order valence-electron chi connectivity index (χ1n) is 7.95. The van der Waals surface area contributed by atoms with Gasteiger partial charge in [0.2, 0.25) is 0 Å². The van der Waals surface area contributed by atoms with Gasteiger partial charge in [-0.3, -0.25) is 0 Å². The molecule has 0 saturated heterocycles. The Bertz CT molecular complexity index is 432. The maximum Gasteiger partial charge on any atom is 0.161 e. The van der Waals surface area contributed by atoms with Gasteiger partial charge in [-0.25, -0.2) is 0 Å². The quantitative estimate of drug-likeness (QED) is 0.837. The van der Waals surface area contributed by atoms with Crippen molar-refractivity contribution >= 4 is 0 Å². The lowest BCUT2D eigenvalue weighted by atomic mass is 9.98. The van der Waals surface area contributed by atoms with Crippen LogP contribution >= 0.6 is 0 Å². The lowest BCUT2D eigenvalue weighted by Crippen LogP contribution is -2.33. The molecule has 0 amide bonds. The number of methoxy groups -OCH3 is 1. The fourth-order valence-electron chi connectivity index (χ4n) is 2.68. The molecule has 1 aliphatic rings. The van der Waals surface area contributed by atoms with Crippen molar-refractivity contribution in [2.75, 3.05) is 26.9 Å². The third kappa shape index (κ3) is 4.11. The largest absolute Gasteiger partial charge is 0.490 e. The van der Waals surface area contributed by atoms with E-state index in [1.54, 1.807) is 7.11 Å². The molecule has 0 aliphatic carbocycles. The number of nitrogens with one attached hydrogen (secondary N) is 1. The van der Waals surface area contributed by atoms with Gasteiger partial charge in [0.1, 0.15) is 0 Å². The Morgan fingerprint density at radius 3 is 2.62 bits per heavy atom. The summed E-state index contributed by atoms with van der Waals surface area (Å²) in [4.78, 5) is 0. The molecule has 0 bridgehead atoms. The standard InChI is InChI=1S/C17H27NO3/c1-4-9-18-17(14(5-2)19-3)13-7-8-15-16(12-13)21-11-6-10-20-15/h7-8,12,14,17-18H,4-6,9-11H2,1-3H3. The Morgan fingerprint density at radius 1 is 1.19 bits per heavy atom. The summed E-state index contributed by atoms with van der Waals surface area (Å²) >= 11 is 0. The minimum atomic E-state index is 0.154. The summed E-state index contributed by atoms with van der Waals surface area (Å²) in [5, 5.41) is 3.59. The minimum Gasteiger partial charge on any atom is -0.490 e. The zero-order chi connectivity index (χ0) is 15.1. The molecule has 21 heavy (non-hydrogen) atoms. The van der Waals surface area contributed by atoms with Gasteiger partial charge in [0, 0.05) is 13.5 Å². The first kappa shape index (κ1) is 16.1. The number of benzene rings is 1. The zero-order valence-electron chi connectivity index (χ0n) is 13.4. The highest BCUT2D eigenvalue weighted by Crippen LogP contribution is 2.33. The van der Waals surface area contributed by atoms with Crippen LogP contribution in [-0.2, 0) is 4.74 Å². The number of fused-ring (bicyclic) bond motifs is 1. The predicted molar refractivity (Wildman–Crippen MR) is 84.2 cm³/mol. The molecule has 4 heteroatoms. The Hall–Kier alpha value is -1.26. The van der Waals surface area contributed by atoms with Crippen molar-refractivity contribution in [3.63, 3.8) is 0 Å². The second-order valence-corrected chi connectivity index (χ2v) is 5.37. The van der Waals surface area contributed by atoms with Gasteiger partial charge in [0.15, 0.2) is 11.5 Å². The highest BCUT2D eigenvalue weighted by atomic mass is 16.5. The average Bonchev–Trinajstić information content (AvgIpc) is 2.76. The van der Waals surface area contributed by atoms with E-state index < -0.39 is 0 Å². The zero-order valence-corrected chi connectivity index (χ0v) is 13.4. The van der Waals surface area contributed by atoms with Crippen molar-refractivity contribution in [1.82, 2.24) is 5.32 Å². The minimum absolute atomic E-state index is 0.154. The van der Waals surface area contributed by atoms with Crippen LogP contribution in [0.2, 0.25) is 0 Å². The fraction of sp³-hybridized carbons (Fsp3) is 0.647. The van der Waals surface area contributed by atoms with Crippen molar-refractivity contribution in [2.45, 2.75) is 45.3 Å². The molecule has 118 valence electrons.